The normalized spacial score (nSPS) is 20.8. The predicted octanol–water partition coefficient (Wildman–Crippen LogP) is 2.16. The van der Waals surface area contributed by atoms with E-state index in [0.29, 0.717) is 31.0 Å². The molecule has 1 aromatic carbocycles. The van der Waals surface area contributed by atoms with E-state index in [9.17, 15) is 9.18 Å². The number of halogens is 1. The number of hydrogen-bond acceptors (Lipinski definition) is 5. The molecule has 0 radical (unpaired) electrons. The molecule has 2 saturated heterocycles. The number of allylic oxidation sites excluding steroid dienone is 1. The zero-order valence-electron chi connectivity index (χ0n) is 13.2. The third kappa shape index (κ3) is 3.19. The Morgan fingerprint density at radius 2 is 2.17 bits per heavy atom. The van der Waals surface area contributed by atoms with Crippen LogP contribution in [-0.2, 0) is 4.74 Å². The van der Waals surface area contributed by atoms with Crippen LogP contribution in [0.4, 0.5) is 20.6 Å². The summed E-state index contributed by atoms with van der Waals surface area (Å²) in [6.07, 6.45) is 2.23. The molecule has 2 aliphatic rings. The van der Waals surface area contributed by atoms with Crippen LogP contribution in [0.15, 0.2) is 29.8 Å². The fourth-order valence-electron chi connectivity index (χ4n) is 3.05. The van der Waals surface area contributed by atoms with Crippen molar-refractivity contribution in [1.29, 1.82) is 5.26 Å². The summed E-state index contributed by atoms with van der Waals surface area (Å²) in [7, 11) is 0. The number of rotatable bonds is 3. The molecule has 7 heteroatoms. The van der Waals surface area contributed by atoms with Gasteiger partial charge in [-0.3, -0.25) is 4.90 Å². The summed E-state index contributed by atoms with van der Waals surface area (Å²) in [4.78, 5) is 15.2. The molecule has 0 bridgehead atoms. The maximum atomic E-state index is 14.5. The average Bonchev–Trinajstić information content (AvgIpc) is 2.97. The fourth-order valence-corrected chi connectivity index (χ4v) is 3.05. The lowest BCUT2D eigenvalue weighted by molar-refractivity contribution is 0.145. The van der Waals surface area contributed by atoms with Gasteiger partial charge in [-0.25, -0.2) is 9.18 Å². The first kappa shape index (κ1) is 16.3. The predicted molar refractivity (Wildman–Crippen MR) is 88.2 cm³/mol. The van der Waals surface area contributed by atoms with Crippen LogP contribution in [0, 0.1) is 17.1 Å². The molecule has 2 heterocycles. The summed E-state index contributed by atoms with van der Waals surface area (Å²) in [5, 5.41) is 8.69. The molecule has 2 fully saturated rings. The maximum Gasteiger partial charge on any atom is 0.414 e. The van der Waals surface area contributed by atoms with Gasteiger partial charge >= 0.3 is 6.09 Å². The molecular weight excluding hydrogens is 311 g/mol. The van der Waals surface area contributed by atoms with Crippen LogP contribution in [0.3, 0.4) is 0 Å². The molecule has 0 aromatic heterocycles. The molecule has 126 valence electrons. The second-order valence-corrected chi connectivity index (χ2v) is 5.91. The first-order valence-electron chi connectivity index (χ1n) is 7.92. The molecule has 0 spiro atoms. The third-order valence-electron chi connectivity index (χ3n) is 4.39. The molecule has 0 aliphatic carbocycles. The fraction of sp³-hybridized carbons (Fsp3) is 0.412. The summed E-state index contributed by atoms with van der Waals surface area (Å²) in [6.45, 7) is 1.92. The molecule has 1 unspecified atom stereocenters. The Morgan fingerprint density at radius 1 is 1.42 bits per heavy atom. The molecule has 24 heavy (non-hydrogen) atoms. The first-order valence-corrected chi connectivity index (χ1v) is 7.92. The van der Waals surface area contributed by atoms with Gasteiger partial charge in [0.05, 0.1) is 24.0 Å². The number of piperidine rings is 1. The molecular formula is C17H19FN4O2. The minimum atomic E-state index is -0.498. The monoisotopic (exact) mass is 330 g/mol. The number of benzene rings is 1. The van der Waals surface area contributed by atoms with Crippen LogP contribution < -0.4 is 15.5 Å². The van der Waals surface area contributed by atoms with Crippen molar-refractivity contribution in [3.63, 3.8) is 0 Å². The summed E-state index contributed by atoms with van der Waals surface area (Å²) < 4.78 is 19.6. The van der Waals surface area contributed by atoms with E-state index in [4.69, 9.17) is 15.7 Å². The van der Waals surface area contributed by atoms with Gasteiger partial charge in [-0.1, -0.05) is 5.57 Å². The number of ether oxygens (including phenoxy) is 1. The van der Waals surface area contributed by atoms with E-state index >= 15 is 0 Å². The summed E-state index contributed by atoms with van der Waals surface area (Å²) >= 11 is 0. The Labute approximate surface area is 139 Å². The number of nitrogens with two attached hydrogens (primary N) is 1. The minimum Gasteiger partial charge on any atom is -0.443 e. The Hall–Kier alpha value is -2.59. The van der Waals surface area contributed by atoms with Crippen LogP contribution in [0.2, 0.25) is 0 Å². The number of hydrogen-bond donors (Lipinski definition) is 1. The number of amides is 1. The van der Waals surface area contributed by atoms with Crippen molar-refractivity contribution in [3.05, 3.63) is 35.7 Å². The highest BCUT2D eigenvalue weighted by Gasteiger charge is 2.32. The van der Waals surface area contributed by atoms with E-state index in [2.05, 4.69) is 0 Å². The first-order chi connectivity index (χ1) is 11.6. The SMILES string of the molecule is N#CC=C1CCN(c2ccc(N3CC(CN)OC3=O)cc2F)CC1. The van der Waals surface area contributed by atoms with Gasteiger partial charge in [0.2, 0.25) is 0 Å². The van der Waals surface area contributed by atoms with Gasteiger partial charge in [0.1, 0.15) is 11.9 Å². The van der Waals surface area contributed by atoms with Gasteiger partial charge in [-0.15, -0.1) is 0 Å². The second kappa shape index (κ2) is 6.89. The highest BCUT2D eigenvalue weighted by Crippen LogP contribution is 2.30. The van der Waals surface area contributed by atoms with E-state index in [1.54, 1.807) is 18.2 Å². The maximum absolute atomic E-state index is 14.5. The molecule has 1 amide bonds. The van der Waals surface area contributed by atoms with E-state index in [1.165, 1.54) is 11.0 Å². The van der Waals surface area contributed by atoms with Gasteiger partial charge in [-0.05, 0) is 31.0 Å². The minimum absolute atomic E-state index is 0.245. The van der Waals surface area contributed by atoms with Crippen LogP contribution in [0.5, 0.6) is 0 Å². The zero-order chi connectivity index (χ0) is 17.1. The Bertz CT molecular complexity index is 703. The van der Waals surface area contributed by atoms with Crippen molar-refractivity contribution in [3.8, 4) is 6.07 Å². The number of anilines is 2. The topological polar surface area (TPSA) is 82.6 Å². The highest BCUT2D eigenvalue weighted by molar-refractivity contribution is 5.90. The van der Waals surface area contributed by atoms with Crippen LogP contribution in [-0.4, -0.2) is 38.4 Å². The van der Waals surface area contributed by atoms with E-state index < -0.39 is 6.09 Å². The Kier molecular flexibility index (Phi) is 4.67. The van der Waals surface area contributed by atoms with Gasteiger partial charge < -0.3 is 15.4 Å². The number of nitriles is 1. The van der Waals surface area contributed by atoms with Crippen molar-refractivity contribution >= 4 is 17.5 Å². The van der Waals surface area contributed by atoms with Crippen LogP contribution >= 0.6 is 0 Å². The average molecular weight is 330 g/mol. The number of carbonyl (C=O) groups excluding carboxylic acids is 1. The van der Waals surface area contributed by atoms with E-state index in [0.717, 1.165) is 18.4 Å². The lowest BCUT2D eigenvalue weighted by Gasteiger charge is -2.30. The Balaban J connectivity index is 1.73. The molecule has 1 aromatic rings. The van der Waals surface area contributed by atoms with Crippen LogP contribution in [0.25, 0.3) is 0 Å². The van der Waals surface area contributed by atoms with E-state index in [1.807, 2.05) is 11.0 Å². The Morgan fingerprint density at radius 3 is 2.75 bits per heavy atom. The van der Waals surface area contributed by atoms with Gasteiger partial charge in [-0.2, -0.15) is 5.26 Å². The number of cyclic esters (lactones) is 1. The summed E-state index contributed by atoms with van der Waals surface area (Å²) in [6, 6.07) is 6.81. The van der Waals surface area contributed by atoms with Crippen molar-refractivity contribution in [2.45, 2.75) is 18.9 Å². The van der Waals surface area contributed by atoms with Crippen molar-refractivity contribution < 1.29 is 13.9 Å². The lowest BCUT2D eigenvalue weighted by atomic mass is 10.0. The van der Waals surface area contributed by atoms with Crippen molar-refractivity contribution in [1.82, 2.24) is 0 Å². The van der Waals surface area contributed by atoms with E-state index in [-0.39, 0.29) is 18.5 Å². The molecule has 6 nitrogen and oxygen atoms in total. The smallest absolute Gasteiger partial charge is 0.414 e. The zero-order valence-corrected chi connectivity index (χ0v) is 13.2. The highest BCUT2D eigenvalue weighted by atomic mass is 19.1. The number of nitrogens with zero attached hydrogens (tertiary/aromatic N) is 3. The molecule has 1 atom stereocenters. The largest absolute Gasteiger partial charge is 0.443 e. The van der Waals surface area contributed by atoms with Gasteiger partial charge in [0.15, 0.2) is 0 Å². The van der Waals surface area contributed by atoms with Crippen molar-refractivity contribution in [2.24, 2.45) is 5.73 Å². The van der Waals surface area contributed by atoms with Gasteiger partial charge in [0.25, 0.3) is 0 Å². The summed E-state index contributed by atoms with van der Waals surface area (Å²) in [5.74, 6) is -0.371. The molecule has 0 saturated carbocycles. The number of carbonyl (C=O) groups is 1. The van der Waals surface area contributed by atoms with Crippen LogP contribution in [0.1, 0.15) is 12.8 Å². The molecule has 3 rings (SSSR count). The second-order valence-electron chi connectivity index (χ2n) is 5.91. The van der Waals surface area contributed by atoms with Crippen molar-refractivity contribution in [2.75, 3.05) is 36.0 Å². The van der Waals surface area contributed by atoms with Gasteiger partial charge in [0, 0.05) is 25.7 Å². The summed E-state index contributed by atoms with van der Waals surface area (Å²) in [5.41, 5.74) is 7.59. The lowest BCUT2D eigenvalue weighted by Crippen LogP contribution is -2.31. The molecule has 2 N–H and O–H groups in total. The molecule has 2 aliphatic heterocycles. The third-order valence-corrected chi connectivity index (χ3v) is 4.39. The quantitative estimate of drug-likeness (QED) is 0.859. The standard InChI is InChI=1S/C17H19FN4O2/c18-15-9-13(22-11-14(10-20)24-17(22)23)1-2-16(15)21-7-4-12(3-6-19)5-8-21/h1-3,9,14H,4-5,7-8,10-11,20H2.